The number of nitrogens with zero attached hydrogens (tertiary/aromatic N) is 6. The maximum Gasteiger partial charge on any atom is 0.417 e. The van der Waals surface area contributed by atoms with E-state index in [0.29, 0.717) is 94.2 Å². The number of aliphatic hydroxyl groups excluding tert-OH is 1. The van der Waals surface area contributed by atoms with Crippen molar-refractivity contribution in [2.75, 3.05) is 77.2 Å². The molecular formula is C31H46F3N7O6S3. The summed E-state index contributed by atoms with van der Waals surface area (Å²) in [6.07, 6.45) is -1.66. The number of amides is 1. The second-order valence-corrected chi connectivity index (χ2v) is 18.2. The average Bonchev–Trinajstić information content (AvgIpc) is 3.38. The molecule has 5 rings (SSSR count). The van der Waals surface area contributed by atoms with Crippen molar-refractivity contribution in [3.63, 3.8) is 0 Å². The van der Waals surface area contributed by atoms with Crippen molar-refractivity contribution in [1.82, 2.24) is 33.5 Å². The van der Waals surface area contributed by atoms with Gasteiger partial charge in [0.05, 0.1) is 36.4 Å². The molecule has 0 bridgehead atoms. The van der Waals surface area contributed by atoms with Crippen LogP contribution >= 0.6 is 11.8 Å². The van der Waals surface area contributed by atoms with E-state index in [4.69, 9.17) is 5.10 Å². The number of aromatic nitrogens is 2. The van der Waals surface area contributed by atoms with E-state index < -0.39 is 37.9 Å². The molecule has 1 unspecified atom stereocenters. The average molecular weight is 766 g/mol. The summed E-state index contributed by atoms with van der Waals surface area (Å²) in [5.74, 6) is 0.403. The highest BCUT2D eigenvalue weighted by Gasteiger charge is 2.35. The predicted octanol–water partition coefficient (Wildman–Crippen LogP) is 1.52. The summed E-state index contributed by atoms with van der Waals surface area (Å²) in [6.45, 7) is 6.36. The summed E-state index contributed by atoms with van der Waals surface area (Å²) in [6, 6.07) is 3.72. The minimum absolute atomic E-state index is 0.00547. The first-order valence-electron chi connectivity index (χ1n) is 16.6. The topological polar surface area (TPSA) is 148 Å². The lowest BCUT2D eigenvalue weighted by atomic mass is 10.0. The van der Waals surface area contributed by atoms with Crippen LogP contribution in [-0.2, 0) is 50.5 Å². The van der Waals surface area contributed by atoms with Crippen molar-refractivity contribution in [2.45, 2.75) is 62.5 Å². The molecule has 1 aromatic carbocycles. The Labute approximate surface area is 296 Å². The van der Waals surface area contributed by atoms with Gasteiger partial charge in [-0.25, -0.2) is 21.6 Å². The number of halogens is 3. The lowest BCUT2D eigenvalue weighted by Gasteiger charge is -2.34. The molecule has 2 fully saturated rings. The standard InChI is InChI=1S/C31H46F3N7O6S3/c1-22(42)39-14-12-37(13-15-39)16-17-48-29-18-23(4-5-27(29)31(32,33)34)30-26-21-40(50(3,46)47)11-8-28(26)41(35-30)20-25(43)19-38-9-6-24(7-10-38)36-49(2,44)45/h4-5,18,24-25,36,43H,6-17,19-21H2,1-3H3. The molecule has 19 heteroatoms. The molecule has 0 radical (unpaired) electrons. The molecule has 3 aliphatic rings. The first-order valence-corrected chi connectivity index (χ1v) is 21.3. The third-order valence-corrected chi connectivity index (χ3v) is 12.5. The molecule has 2 saturated heterocycles. The molecular weight excluding hydrogens is 720 g/mol. The number of β-amino-alcohol motifs (C(OH)–C–C–N with tert-alkyl or cyclic N) is 1. The van der Waals surface area contributed by atoms with Crippen LogP contribution in [0.2, 0.25) is 0 Å². The van der Waals surface area contributed by atoms with Gasteiger partial charge in [-0.05, 0) is 38.1 Å². The Hall–Kier alpha value is -2.26. The monoisotopic (exact) mass is 765 g/mol. The molecule has 2 N–H and O–H groups in total. The second kappa shape index (κ2) is 15.8. The van der Waals surface area contributed by atoms with Crippen molar-refractivity contribution >= 4 is 37.7 Å². The fourth-order valence-electron chi connectivity index (χ4n) is 6.82. The highest BCUT2D eigenvalue weighted by molar-refractivity contribution is 7.99. The van der Waals surface area contributed by atoms with E-state index in [1.807, 2.05) is 0 Å². The van der Waals surface area contributed by atoms with Crippen LogP contribution in [0.3, 0.4) is 0 Å². The molecule has 50 heavy (non-hydrogen) atoms. The number of fused-ring (bicyclic) bond motifs is 1. The summed E-state index contributed by atoms with van der Waals surface area (Å²) in [5, 5.41) is 15.9. The van der Waals surface area contributed by atoms with Gasteiger partial charge < -0.3 is 14.9 Å². The van der Waals surface area contributed by atoms with Gasteiger partial charge in [-0.1, -0.05) is 6.07 Å². The molecule has 1 atom stereocenters. The number of likely N-dealkylation sites (tertiary alicyclic amines) is 1. The molecule has 1 aromatic heterocycles. The first kappa shape index (κ1) is 39.0. The number of carbonyl (C=O) groups excluding carboxylic acids is 1. The normalized spacial score (nSPS) is 19.9. The Morgan fingerprint density at radius 1 is 1.02 bits per heavy atom. The third-order valence-electron chi connectivity index (χ3n) is 9.43. The van der Waals surface area contributed by atoms with Gasteiger partial charge in [0.15, 0.2) is 0 Å². The van der Waals surface area contributed by atoms with E-state index in [9.17, 15) is 39.9 Å². The molecule has 2 aromatic rings. The number of nitrogens with one attached hydrogen (secondary N) is 1. The van der Waals surface area contributed by atoms with Gasteiger partial charge in [0.2, 0.25) is 26.0 Å². The molecule has 3 aliphatic heterocycles. The lowest BCUT2D eigenvalue weighted by molar-refractivity contribution is -0.139. The van der Waals surface area contributed by atoms with Gasteiger partial charge >= 0.3 is 6.18 Å². The zero-order valence-electron chi connectivity index (χ0n) is 28.5. The molecule has 280 valence electrons. The van der Waals surface area contributed by atoms with Gasteiger partial charge in [-0.15, -0.1) is 11.8 Å². The number of hydrogen-bond donors (Lipinski definition) is 2. The van der Waals surface area contributed by atoms with Crippen molar-refractivity contribution < 1.29 is 39.9 Å². The van der Waals surface area contributed by atoms with Crippen LogP contribution in [0.15, 0.2) is 23.1 Å². The summed E-state index contributed by atoms with van der Waals surface area (Å²) >= 11 is 1.10. The number of thioether (sulfide) groups is 1. The number of sulfonamides is 2. The number of hydrogen-bond acceptors (Lipinski definition) is 10. The number of aliphatic hydroxyl groups is 1. The van der Waals surface area contributed by atoms with Crippen LogP contribution in [-0.4, -0.2) is 146 Å². The Morgan fingerprint density at radius 3 is 2.30 bits per heavy atom. The van der Waals surface area contributed by atoms with Gasteiger partial charge in [-0.2, -0.15) is 22.6 Å². The van der Waals surface area contributed by atoms with Crippen LogP contribution in [0.4, 0.5) is 13.2 Å². The fraction of sp³-hybridized carbons (Fsp3) is 0.677. The lowest BCUT2D eigenvalue weighted by Crippen LogP contribution is -2.48. The molecule has 0 aliphatic carbocycles. The zero-order chi connectivity index (χ0) is 36.4. The number of benzene rings is 1. The summed E-state index contributed by atoms with van der Waals surface area (Å²) < 4.78 is 96.3. The highest BCUT2D eigenvalue weighted by Crippen LogP contribution is 2.40. The van der Waals surface area contributed by atoms with E-state index in [2.05, 4.69) is 14.5 Å². The largest absolute Gasteiger partial charge is 0.417 e. The Balaban J connectivity index is 1.35. The number of piperazine rings is 1. The van der Waals surface area contributed by atoms with Gasteiger partial charge in [0, 0.05) is 99.2 Å². The number of piperidine rings is 1. The number of alkyl halides is 3. The van der Waals surface area contributed by atoms with E-state index in [1.54, 1.807) is 9.58 Å². The maximum atomic E-state index is 14.2. The van der Waals surface area contributed by atoms with Crippen LogP contribution in [0.1, 0.15) is 36.6 Å². The molecule has 1 amide bonds. The van der Waals surface area contributed by atoms with Crippen molar-refractivity contribution in [2.24, 2.45) is 0 Å². The van der Waals surface area contributed by atoms with E-state index in [1.165, 1.54) is 23.4 Å². The third kappa shape index (κ3) is 10.2. The second-order valence-electron chi connectivity index (χ2n) is 13.3. The van der Waals surface area contributed by atoms with E-state index >= 15 is 0 Å². The quantitative estimate of drug-likeness (QED) is 0.305. The van der Waals surface area contributed by atoms with Crippen LogP contribution in [0.25, 0.3) is 11.3 Å². The van der Waals surface area contributed by atoms with E-state index in [0.717, 1.165) is 36.0 Å². The molecule has 13 nitrogen and oxygen atoms in total. The van der Waals surface area contributed by atoms with Gasteiger partial charge in [0.25, 0.3) is 0 Å². The van der Waals surface area contributed by atoms with Crippen molar-refractivity contribution in [1.29, 1.82) is 0 Å². The number of rotatable bonds is 12. The smallest absolute Gasteiger partial charge is 0.390 e. The zero-order valence-corrected chi connectivity index (χ0v) is 31.0. The Kier molecular flexibility index (Phi) is 12.3. The highest BCUT2D eigenvalue weighted by atomic mass is 32.2. The Morgan fingerprint density at radius 2 is 1.70 bits per heavy atom. The van der Waals surface area contributed by atoms with Crippen LogP contribution < -0.4 is 4.72 Å². The number of carbonyl (C=O) groups is 1. The summed E-state index contributed by atoms with van der Waals surface area (Å²) in [4.78, 5) is 17.6. The van der Waals surface area contributed by atoms with E-state index in [-0.39, 0.29) is 36.5 Å². The summed E-state index contributed by atoms with van der Waals surface area (Å²) in [7, 11) is -6.88. The SMILES string of the molecule is CC(=O)N1CCN(CCSc2cc(-c3nn(CC(O)CN4CCC(NS(C)(=O)=O)CC4)c4c3CN(S(C)(=O)=O)CC4)ccc2C(F)(F)F)CC1. The molecule has 0 saturated carbocycles. The van der Waals surface area contributed by atoms with Crippen LogP contribution in [0.5, 0.6) is 0 Å². The van der Waals surface area contributed by atoms with Crippen molar-refractivity contribution in [3.05, 3.63) is 35.0 Å². The molecule has 4 heterocycles. The minimum atomic E-state index is -4.58. The minimum Gasteiger partial charge on any atom is -0.390 e. The fourth-order valence-corrected chi connectivity index (χ4v) is 9.56. The first-order chi connectivity index (χ1) is 23.4. The maximum absolute atomic E-state index is 14.2. The van der Waals surface area contributed by atoms with Gasteiger partial charge in [0.1, 0.15) is 0 Å². The van der Waals surface area contributed by atoms with Gasteiger partial charge in [-0.3, -0.25) is 14.4 Å². The van der Waals surface area contributed by atoms with Crippen LogP contribution in [0, 0.1) is 0 Å². The summed E-state index contributed by atoms with van der Waals surface area (Å²) in [5.41, 5.74) is 1.37. The predicted molar refractivity (Wildman–Crippen MR) is 184 cm³/mol. The molecule has 0 spiro atoms. The Bertz CT molecular complexity index is 1740. The van der Waals surface area contributed by atoms with Crippen molar-refractivity contribution in [3.8, 4) is 11.3 Å².